The van der Waals surface area contributed by atoms with E-state index in [-0.39, 0.29) is 17.9 Å². The zero-order valence-corrected chi connectivity index (χ0v) is 11.5. The van der Waals surface area contributed by atoms with Crippen molar-refractivity contribution in [3.63, 3.8) is 0 Å². The first-order chi connectivity index (χ1) is 8.74. The van der Waals surface area contributed by atoms with E-state index in [2.05, 4.69) is 4.74 Å². The van der Waals surface area contributed by atoms with Crippen LogP contribution in [0.5, 0.6) is 0 Å². The van der Waals surface area contributed by atoms with Crippen LogP contribution in [0.2, 0.25) is 0 Å². The molecule has 112 valence electrons. The number of hydrogen-bond acceptors (Lipinski definition) is 4. The van der Waals surface area contributed by atoms with E-state index in [1.54, 1.807) is 6.92 Å². The van der Waals surface area contributed by atoms with Crippen LogP contribution in [0.25, 0.3) is 0 Å². The van der Waals surface area contributed by atoms with Crippen molar-refractivity contribution in [2.24, 2.45) is 5.92 Å². The Morgan fingerprint density at radius 2 is 1.74 bits per heavy atom. The van der Waals surface area contributed by atoms with Gasteiger partial charge in [-0.05, 0) is 6.92 Å². The molecular formula is C12H21F3N2O2. The Labute approximate surface area is 111 Å². The van der Waals surface area contributed by atoms with E-state index >= 15 is 0 Å². The van der Waals surface area contributed by atoms with E-state index in [1.165, 1.54) is 12.0 Å². The van der Waals surface area contributed by atoms with Gasteiger partial charge in [-0.15, -0.1) is 0 Å². The number of carbonyl (C=O) groups excluding carboxylic acids is 1. The Morgan fingerprint density at radius 3 is 2.16 bits per heavy atom. The molecule has 4 nitrogen and oxygen atoms in total. The summed E-state index contributed by atoms with van der Waals surface area (Å²) < 4.78 is 41.5. The summed E-state index contributed by atoms with van der Waals surface area (Å²) in [5, 5.41) is 0. The molecule has 0 radical (unpaired) electrons. The van der Waals surface area contributed by atoms with Crippen molar-refractivity contribution in [2.45, 2.75) is 26.1 Å². The Morgan fingerprint density at radius 1 is 1.21 bits per heavy atom. The van der Waals surface area contributed by atoms with Gasteiger partial charge in [-0.3, -0.25) is 14.6 Å². The molecule has 0 aromatic heterocycles. The zero-order valence-electron chi connectivity index (χ0n) is 11.5. The monoisotopic (exact) mass is 282 g/mol. The van der Waals surface area contributed by atoms with Gasteiger partial charge in [0, 0.05) is 32.2 Å². The van der Waals surface area contributed by atoms with Crippen LogP contribution in [0.3, 0.4) is 0 Å². The van der Waals surface area contributed by atoms with E-state index in [1.807, 2.05) is 11.8 Å². The molecule has 0 saturated carbocycles. The first-order valence-corrected chi connectivity index (χ1v) is 6.35. The van der Waals surface area contributed by atoms with Gasteiger partial charge in [0.1, 0.15) is 0 Å². The van der Waals surface area contributed by atoms with Gasteiger partial charge in [-0.2, -0.15) is 13.2 Å². The number of nitrogens with zero attached hydrogens (tertiary/aromatic N) is 2. The van der Waals surface area contributed by atoms with Crippen LogP contribution in [0, 0.1) is 5.92 Å². The standard InChI is InChI=1S/C12H21F3N2O2/c1-9(11(18)19-3)10(2)17-6-4-16(5-7-17)8-12(13,14)15/h9-10H,4-8H2,1-3H3. The fourth-order valence-electron chi connectivity index (χ4n) is 2.28. The topological polar surface area (TPSA) is 32.8 Å². The van der Waals surface area contributed by atoms with Crippen LogP contribution in [0.15, 0.2) is 0 Å². The lowest BCUT2D eigenvalue weighted by Crippen LogP contribution is -2.53. The Hall–Kier alpha value is -0.820. The number of piperazine rings is 1. The molecule has 0 amide bonds. The fourth-order valence-corrected chi connectivity index (χ4v) is 2.28. The summed E-state index contributed by atoms with van der Waals surface area (Å²) in [6.07, 6.45) is -4.15. The van der Waals surface area contributed by atoms with Crippen molar-refractivity contribution >= 4 is 5.97 Å². The van der Waals surface area contributed by atoms with E-state index in [9.17, 15) is 18.0 Å². The Kier molecular flexibility index (Phi) is 5.61. The Bertz CT molecular complexity index is 302. The number of ether oxygens (including phenoxy) is 1. The number of esters is 1. The van der Waals surface area contributed by atoms with Gasteiger partial charge < -0.3 is 4.74 Å². The molecule has 19 heavy (non-hydrogen) atoms. The average molecular weight is 282 g/mol. The van der Waals surface area contributed by atoms with Crippen molar-refractivity contribution in [1.29, 1.82) is 0 Å². The lowest BCUT2D eigenvalue weighted by atomic mass is 10.0. The molecule has 1 aliphatic rings. The van der Waals surface area contributed by atoms with Gasteiger partial charge in [0.05, 0.1) is 19.6 Å². The van der Waals surface area contributed by atoms with Crippen molar-refractivity contribution < 1.29 is 22.7 Å². The second-order valence-corrected chi connectivity index (χ2v) is 4.98. The number of methoxy groups -OCH3 is 1. The summed E-state index contributed by atoms with van der Waals surface area (Å²) >= 11 is 0. The van der Waals surface area contributed by atoms with Gasteiger partial charge in [-0.1, -0.05) is 6.92 Å². The highest BCUT2D eigenvalue weighted by Crippen LogP contribution is 2.19. The average Bonchev–Trinajstić information content (AvgIpc) is 2.35. The maximum atomic E-state index is 12.3. The van der Waals surface area contributed by atoms with Crippen molar-refractivity contribution in [2.75, 3.05) is 39.8 Å². The molecule has 0 aromatic rings. The third-order valence-corrected chi connectivity index (χ3v) is 3.68. The minimum Gasteiger partial charge on any atom is -0.469 e. The third kappa shape index (κ3) is 4.99. The van der Waals surface area contributed by atoms with Gasteiger partial charge in [0.15, 0.2) is 0 Å². The van der Waals surface area contributed by atoms with Crippen LogP contribution in [0.4, 0.5) is 13.2 Å². The number of halogens is 3. The molecule has 0 aliphatic carbocycles. The van der Waals surface area contributed by atoms with E-state index in [4.69, 9.17) is 0 Å². The second kappa shape index (κ2) is 6.56. The summed E-state index contributed by atoms with van der Waals surface area (Å²) in [4.78, 5) is 14.9. The molecule has 1 fully saturated rings. The molecule has 0 aromatic carbocycles. The first-order valence-electron chi connectivity index (χ1n) is 6.35. The van der Waals surface area contributed by atoms with Crippen molar-refractivity contribution in [3.05, 3.63) is 0 Å². The lowest BCUT2D eigenvalue weighted by Gasteiger charge is -2.39. The van der Waals surface area contributed by atoms with Crippen LogP contribution in [0.1, 0.15) is 13.8 Å². The van der Waals surface area contributed by atoms with E-state index in [0.717, 1.165) is 0 Å². The summed E-state index contributed by atoms with van der Waals surface area (Å²) in [7, 11) is 1.34. The maximum absolute atomic E-state index is 12.3. The minimum atomic E-state index is -4.15. The van der Waals surface area contributed by atoms with Crippen LogP contribution in [-0.4, -0.2) is 67.8 Å². The number of alkyl halides is 3. The molecule has 0 spiro atoms. The van der Waals surface area contributed by atoms with Gasteiger partial charge in [0.25, 0.3) is 0 Å². The summed E-state index contributed by atoms with van der Waals surface area (Å²) in [5.74, 6) is -0.565. The van der Waals surface area contributed by atoms with Crippen LogP contribution in [-0.2, 0) is 9.53 Å². The minimum absolute atomic E-state index is 0.0273. The van der Waals surface area contributed by atoms with Crippen molar-refractivity contribution in [1.82, 2.24) is 9.80 Å². The highest BCUT2D eigenvalue weighted by Gasteiger charge is 2.34. The normalized spacial score (nSPS) is 22.0. The SMILES string of the molecule is COC(=O)C(C)C(C)N1CCN(CC(F)(F)F)CC1. The molecule has 1 heterocycles. The van der Waals surface area contributed by atoms with Gasteiger partial charge >= 0.3 is 12.1 Å². The molecule has 2 unspecified atom stereocenters. The Balaban J connectivity index is 2.43. The van der Waals surface area contributed by atoms with E-state index in [0.29, 0.717) is 26.2 Å². The largest absolute Gasteiger partial charge is 0.469 e. The molecule has 0 bridgehead atoms. The predicted molar refractivity (Wildman–Crippen MR) is 64.7 cm³/mol. The predicted octanol–water partition coefficient (Wildman–Crippen LogP) is 1.36. The first kappa shape index (κ1) is 16.2. The highest BCUT2D eigenvalue weighted by molar-refractivity contribution is 5.72. The fraction of sp³-hybridized carbons (Fsp3) is 0.917. The molecular weight excluding hydrogens is 261 g/mol. The highest BCUT2D eigenvalue weighted by atomic mass is 19.4. The smallest absolute Gasteiger partial charge is 0.401 e. The quantitative estimate of drug-likeness (QED) is 0.729. The second-order valence-electron chi connectivity index (χ2n) is 4.98. The maximum Gasteiger partial charge on any atom is 0.401 e. The van der Waals surface area contributed by atoms with E-state index < -0.39 is 12.7 Å². The lowest BCUT2D eigenvalue weighted by molar-refractivity contribution is -0.151. The molecule has 1 aliphatic heterocycles. The van der Waals surface area contributed by atoms with Gasteiger partial charge in [0.2, 0.25) is 0 Å². The van der Waals surface area contributed by atoms with Crippen LogP contribution >= 0.6 is 0 Å². The molecule has 0 N–H and O–H groups in total. The third-order valence-electron chi connectivity index (χ3n) is 3.68. The number of hydrogen-bond donors (Lipinski definition) is 0. The van der Waals surface area contributed by atoms with Crippen molar-refractivity contribution in [3.8, 4) is 0 Å². The zero-order chi connectivity index (χ0) is 14.6. The van der Waals surface area contributed by atoms with Gasteiger partial charge in [-0.25, -0.2) is 0 Å². The molecule has 7 heteroatoms. The van der Waals surface area contributed by atoms with Crippen LogP contribution < -0.4 is 0 Å². The summed E-state index contributed by atoms with van der Waals surface area (Å²) in [6, 6.07) is -0.0273. The molecule has 1 saturated heterocycles. The molecule has 2 atom stereocenters. The summed E-state index contributed by atoms with van der Waals surface area (Å²) in [5.41, 5.74) is 0. The number of carbonyl (C=O) groups is 1. The molecule has 1 rings (SSSR count). The number of rotatable bonds is 4. The summed E-state index contributed by atoms with van der Waals surface area (Å²) in [6.45, 7) is 4.65.